The minimum absolute atomic E-state index is 0.307. The average molecular weight is 353 g/mol. The van der Waals surface area contributed by atoms with E-state index in [1.54, 1.807) is 12.1 Å². The Labute approximate surface area is 152 Å². The van der Waals surface area contributed by atoms with Gasteiger partial charge in [-0.05, 0) is 29.8 Å². The van der Waals surface area contributed by atoms with Crippen molar-refractivity contribution >= 4 is 17.5 Å². The molecule has 1 atom stereocenters. The number of nitrogens with one attached hydrogen (secondary N) is 1. The van der Waals surface area contributed by atoms with Crippen LogP contribution >= 0.6 is 0 Å². The minimum Gasteiger partial charge on any atom is -0.378 e. The van der Waals surface area contributed by atoms with E-state index in [4.69, 9.17) is 10.5 Å². The van der Waals surface area contributed by atoms with Crippen molar-refractivity contribution in [2.45, 2.75) is 12.5 Å². The number of nitrogens with zero attached hydrogens (tertiary/aromatic N) is 1. The van der Waals surface area contributed by atoms with E-state index in [-0.39, 0.29) is 5.91 Å². The Morgan fingerprint density at radius 1 is 1.04 bits per heavy atom. The first kappa shape index (κ1) is 17.9. The lowest BCUT2D eigenvalue weighted by atomic mass is 10.0. The fourth-order valence-electron chi connectivity index (χ4n) is 2.96. The maximum absolute atomic E-state index is 12.5. The van der Waals surface area contributed by atoms with Crippen LogP contribution in [0.2, 0.25) is 0 Å². The predicted octanol–water partition coefficient (Wildman–Crippen LogP) is 1.35. The summed E-state index contributed by atoms with van der Waals surface area (Å²) >= 11 is 0. The molecule has 3 rings (SSSR count). The van der Waals surface area contributed by atoms with Gasteiger partial charge in [0.2, 0.25) is 5.91 Å². The van der Waals surface area contributed by atoms with Gasteiger partial charge in [-0.2, -0.15) is 0 Å². The van der Waals surface area contributed by atoms with Gasteiger partial charge < -0.3 is 20.7 Å². The molecule has 26 heavy (non-hydrogen) atoms. The van der Waals surface area contributed by atoms with Crippen molar-refractivity contribution < 1.29 is 14.3 Å². The molecule has 0 aromatic heterocycles. The number of morpholine rings is 1. The zero-order valence-electron chi connectivity index (χ0n) is 14.6. The van der Waals surface area contributed by atoms with Crippen LogP contribution in [0.4, 0.5) is 5.69 Å². The Morgan fingerprint density at radius 2 is 1.69 bits per heavy atom. The van der Waals surface area contributed by atoms with Gasteiger partial charge in [0.15, 0.2) is 0 Å². The lowest BCUT2D eigenvalue weighted by Crippen LogP contribution is -2.45. The first-order chi connectivity index (χ1) is 12.6. The third-order valence-corrected chi connectivity index (χ3v) is 4.44. The van der Waals surface area contributed by atoms with E-state index in [0.717, 1.165) is 24.3 Å². The normalized spacial score (nSPS) is 15.3. The standard InChI is InChI=1S/C20H23N3O3/c21-19(24)18(14-15-4-2-1-3-5-15)22-20(25)16-6-8-17(9-7-16)23-10-12-26-13-11-23/h1-9,18H,10-14H2,(H2,21,24)(H,22,25). The molecule has 1 aliphatic rings. The van der Waals surface area contributed by atoms with Gasteiger partial charge >= 0.3 is 0 Å². The zero-order valence-corrected chi connectivity index (χ0v) is 14.6. The highest BCUT2D eigenvalue weighted by atomic mass is 16.5. The summed E-state index contributed by atoms with van der Waals surface area (Å²) in [6.07, 6.45) is 0.369. The summed E-state index contributed by atoms with van der Waals surface area (Å²) in [6, 6.07) is 16.1. The highest BCUT2D eigenvalue weighted by Gasteiger charge is 2.20. The zero-order chi connectivity index (χ0) is 18.4. The van der Waals surface area contributed by atoms with Crippen LogP contribution in [0.1, 0.15) is 15.9 Å². The number of rotatable bonds is 6. The second kappa shape index (κ2) is 8.49. The average Bonchev–Trinajstić information content (AvgIpc) is 2.69. The number of carbonyl (C=O) groups excluding carboxylic acids is 2. The number of carbonyl (C=O) groups is 2. The van der Waals surface area contributed by atoms with E-state index < -0.39 is 11.9 Å². The highest BCUT2D eigenvalue weighted by Crippen LogP contribution is 2.17. The molecule has 0 spiro atoms. The van der Waals surface area contributed by atoms with Crippen molar-refractivity contribution in [2.75, 3.05) is 31.2 Å². The van der Waals surface area contributed by atoms with Gasteiger partial charge in [0.25, 0.3) is 5.91 Å². The molecule has 2 aromatic rings. The Morgan fingerprint density at radius 3 is 2.31 bits per heavy atom. The first-order valence-electron chi connectivity index (χ1n) is 8.70. The van der Waals surface area contributed by atoms with Crippen molar-refractivity contribution in [1.82, 2.24) is 5.32 Å². The molecule has 136 valence electrons. The van der Waals surface area contributed by atoms with Crippen LogP contribution in [0.3, 0.4) is 0 Å². The van der Waals surface area contributed by atoms with Crippen molar-refractivity contribution in [3.05, 3.63) is 65.7 Å². The Bertz CT molecular complexity index is 741. The van der Waals surface area contributed by atoms with Crippen molar-refractivity contribution in [3.63, 3.8) is 0 Å². The van der Waals surface area contributed by atoms with Crippen LogP contribution in [0, 0.1) is 0 Å². The molecule has 0 radical (unpaired) electrons. The van der Waals surface area contributed by atoms with Crippen LogP contribution in [-0.4, -0.2) is 44.2 Å². The molecule has 1 fully saturated rings. The fraction of sp³-hybridized carbons (Fsp3) is 0.300. The topological polar surface area (TPSA) is 84.7 Å². The summed E-state index contributed by atoms with van der Waals surface area (Å²) in [4.78, 5) is 26.4. The third kappa shape index (κ3) is 4.61. The molecule has 1 aliphatic heterocycles. The molecule has 1 unspecified atom stereocenters. The van der Waals surface area contributed by atoms with Crippen molar-refractivity contribution in [2.24, 2.45) is 5.73 Å². The molecule has 2 aromatic carbocycles. The van der Waals surface area contributed by atoms with Gasteiger partial charge in [-0.1, -0.05) is 30.3 Å². The van der Waals surface area contributed by atoms with Gasteiger partial charge in [-0.15, -0.1) is 0 Å². The molecule has 2 amide bonds. The van der Waals surface area contributed by atoms with E-state index in [0.29, 0.717) is 25.2 Å². The number of nitrogens with two attached hydrogens (primary N) is 1. The number of hydrogen-bond donors (Lipinski definition) is 2. The summed E-state index contributed by atoms with van der Waals surface area (Å²) in [5.41, 5.74) is 7.96. The molecule has 6 heteroatoms. The van der Waals surface area contributed by atoms with Gasteiger partial charge in [0.1, 0.15) is 6.04 Å². The SMILES string of the molecule is NC(=O)C(Cc1ccccc1)NC(=O)c1ccc(N2CCOCC2)cc1. The lowest BCUT2D eigenvalue weighted by Gasteiger charge is -2.28. The van der Waals surface area contributed by atoms with Gasteiger partial charge in [0.05, 0.1) is 13.2 Å². The molecule has 0 aliphatic carbocycles. The Hall–Kier alpha value is -2.86. The molecular weight excluding hydrogens is 330 g/mol. The second-order valence-electron chi connectivity index (χ2n) is 6.26. The van der Waals surface area contributed by atoms with Crippen LogP contribution in [-0.2, 0) is 16.0 Å². The number of benzene rings is 2. The van der Waals surface area contributed by atoms with Crippen molar-refractivity contribution in [1.29, 1.82) is 0 Å². The number of primary amides is 1. The fourth-order valence-corrected chi connectivity index (χ4v) is 2.96. The molecule has 0 saturated carbocycles. The predicted molar refractivity (Wildman–Crippen MR) is 100 cm³/mol. The molecule has 1 saturated heterocycles. The van der Waals surface area contributed by atoms with Crippen LogP contribution in [0.15, 0.2) is 54.6 Å². The molecule has 1 heterocycles. The summed E-state index contributed by atoms with van der Waals surface area (Å²) in [6.45, 7) is 3.10. The van der Waals surface area contributed by atoms with Gasteiger partial charge in [0, 0.05) is 30.8 Å². The van der Waals surface area contributed by atoms with Crippen LogP contribution < -0.4 is 16.0 Å². The lowest BCUT2D eigenvalue weighted by molar-refractivity contribution is -0.119. The van der Waals surface area contributed by atoms with Gasteiger partial charge in [-0.25, -0.2) is 0 Å². The molecular formula is C20H23N3O3. The maximum atomic E-state index is 12.5. The smallest absolute Gasteiger partial charge is 0.251 e. The number of amides is 2. The highest BCUT2D eigenvalue weighted by molar-refractivity contribution is 5.97. The summed E-state index contributed by atoms with van der Waals surface area (Å²) in [5, 5.41) is 2.73. The summed E-state index contributed by atoms with van der Waals surface area (Å²) < 4.78 is 5.35. The number of anilines is 1. The quantitative estimate of drug-likeness (QED) is 0.821. The molecule has 6 nitrogen and oxygen atoms in total. The minimum atomic E-state index is -0.746. The first-order valence-corrected chi connectivity index (χ1v) is 8.70. The number of hydrogen-bond acceptors (Lipinski definition) is 4. The van der Waals surface area contributed by atoms with E-state index >= 15 is 0 Å². The van der Waals surface area contributed by atoms with Crippen molar-refractivity contribution in [3.8, 4) is 0 Å². The van der Waals surface area contributed by atoms with E-state index in [9.17, 15) is 9.59 Å². The van der Waals surface area contributed by atoms with E-state index in [1.807, 2.05) is 42.5 Å². The van der Waals surface area contributed by atoms with E-state index in [1.165, 1.54) is 0 Å². The second-order valence-corrected chi connectivity index (χ2v) is 6.26. The Kier molecular flexibility index (Phi) is 5.86. The monoisotopic (exact) mass is 353 g/mol. The molecule has 0 bridgehead atoms. The number of ether oxygens (including phenoxy) is 1. The summed E-state index contributed by atoms with van der Waals surface area (Å²) in [7, 11) is 0. The molecule has 3 N–H and O–H groups in total. The Balaban J connectivity index is 1.64. The maximum Gasteiger partial charge on any atom is 0.251 e. The van der Waals surface area contributed by atoms with Crippen LogP contribution in [0.25, 0.3) is 0 Å². The van der Waals surface area contributed by atoms with Gasteiger partial charge in [-0.3, -0.25) is 9.59 Å². The third-order valence-electron chi connectivity index (χ3n) is 4.44. The van der Waals surface area contributed by atoms with E-state index in [2.05, 4.69) is 10.2 Å². The largest absolute Gasteiger partial charge is 0.378 e. The van der Waals surface area contributed by atoms with Crippen LogP contribution in [0.5, 0.6) is 0 Å². The summed E-state index contributed by atoms with van der Waals surface area (Å²) in [5.74, 6) is -0.856.